The predicted octanol–water partition coefficient (Wildman–Crippen LogP) is 2.58. The zero-order valence-corrected chi connectivity index (χ0v) is 10.5. The van der Waals surface area contributed by atoms with Crippen LogP contribution in [0.25, 0.3) is 5.69 Å². The van der Waals surface area contributed by atoms with Crippen molar-refractivity contribution in [3.63, 3.8) is 0 Å². The summed E-state index contributed by atoms with van der Waals surface area (Å²) in [5.41, 5.74) is 0.994. The Labute approximate surface area is 108 Å². The molecule has 0 fully saturated rings. The molecule has 0 amide bonds. The third-order valence-electron chi connectivity index (χ3n) is 2.24. The molecule has 2 rings (SSSR count). The van der Waals surface area contributed by atoms with E-state index in [1.54, 1.807) is 31.4 Å². The number of rotatable bonds is 2. The van der Waals surface area contributed by atoms with Crippen molar-refractivity contribution in [3.8, 4) is 5.69 Å². The van der Waals surface area contributed by atoms with Gasteiger partial charge in [-0.25, -0.2) is 0 Å². The van der Waals surface area contributed by atoms with Crippen molar-refractivity contribution in [2.75, 3.05) is 12.4 Å². The number of hydrogen-bond donors (Lipinski definition) is 1. The zero-order chi connectivity index (χ0) is 12.4. The van der Waals surface area contributed by atoms with Crippen molar-refractivity contribution in [1.29, 1.82) is 0 Å². The molecular weight excluding hydrogens is 261 g/mol. The van der Waals surface area contributed by atoms with Crippen LogP contribution in [0.2, 0.25) is 10.0 Å². The maximum absolute atomic E-state index is 11.8. The minimum atomic E-state index is -0.241. The Morgan fingerprint density at radius 1 is 1.24 bits per heavy atom. The standard InChI is InChI=1S/C11H9Cl2N3O/c1-14-7-4-11(17)16(15-6-7)8-2-3-9(12)10(13)5-8/h2-6,14H,1H3. The number of hydrogen-bond acceptors (Lipinski definition) is 3. The van der Waals surface area contributed by atoms with Crippen LogP contribution in [0.15, 0.2) is 35.3 Å². The van der Waals surface area contributed by atoms with E-state index in [0.29, 0.717) is 21.4 Å². The van der Waals surface area contributed by atoms with Crippen molar-refractivity contribution in [3.05, 3.63) is 50.9 Å². The molecule has 0 aliphatic heterocycles. The molecule has 0 aliphatic rings. The molecule has 0 bridgehead atoms. The molecule has 0 spiro atoms. The molecule has 88 valence electrons. The third-order valence-corrected chi connectivity index (χ3v) is 2.98. The number of benzene rings is 1. The van der Waals surface area contributed by atoms with Crippen LogP contribution in [-0.2, 0) is 0 Å². The summed E-state index contributed by atoms with van der Waals surface area (Å²) >= 11 is 11.7. The second-order valence-electron chi connectivity index (χ2n) is 3.34. The van der Waals surface area contributed by atoms with Gasteiger partial charge in [-0.3, -0.25) is 4.79 Å². The SMILES string of the molecule is CNc1cnn(-c2ccc(Cl)c(Cl)c2)c(=O)c1. The summed E-state index contributed by atoms with van der Waals surface area (Å²) in [4.78, 5) is 11.8. The van der Waals surface area contributed by atoms with Gasteiger partial charge in [0.25, 0.3) is 5.56 Å². The monoisotopic (exact) mass is 269 g/mol. The highest BCUT2D eigenvalue weighted by Gasteiger charge is 2.04. The number of anilines is 1. The van der Waals surface area contributed by atoms with Crippen LogP contribution in [0, 0.1) is 0 Å². The molecule has 0 atom stereocenters. The predicted molar refractivity (Wildman–Crippen MR) is 69.4 cm³/mol. The average molecular weight is 270 g/mol. The molecule has 0 saturated heterocycles. The summed E-state index contributed by atoms with van der Waals surface area (Å²) in [7, 11) is 1.72. The first kappa shape index (κ1) is 12.0. The quantitative estimate of drug-likeness (QED) is 0.912. The van der Waals surface area contributed by atoms with Gasteiger partial charge in [0.15, 0.2) is 0 Å². The zero-order valence-electron chi connectivity index (χ0n) is 8.95. The van der Waals surface area contributed by atoms with E-state index in [4.69, 9.17) is 23.2 Å². The van der Waals surface area contributed by atoms with Gasteiger partial charge in [0.1, 0.15) is 0 Å². The van der Waals surface area contributed by atoms with Gasteiger partial charge in [-0.1, -0.05) is 23.2 Å². The molecule has 4 nitrogen and oxygen atoms in total. The fourth-order valence-electron chi connectivity index (χ4n) is 1.36. The number of halogens is 2. The molecule has 0 radical (unpaired) electrons. The van der Waals surface area contributed by atoms with Crippen molar-refractivity contribution < 1.29 is 0 Å². The van der Waals surface area contributed by atoms with E-state index in [1.807, 2.05) is 0 Å². The van der Waals surface area contributed by atoms with Gasteiger partial charge >= 0.3 is 0 Å². The lowest BCUT2D eigenvalue weighted by molar-refractivity contribution is 0.808. The molecule has 0 saturated carbocycles. The average Bonchev–Trinajstić information content (AvgIpc) is 2.32. The van der Waals surface area contributed by atoms with Crippen molar-refractivity contribution in [2.45, 2.75) is 0 Å². The van der Waals surface area contributed by atoms with E-state index in [9.17, 15) is 4.79 Å². The highest BCUT2D eigenvalue weighted by molar-refractivity contribution is 6.42. The lowest BCUT2D eigenvalue weighted by atomic mass is 10.3. The first-order valence-electron chi connectivity index (χ1n) is 4.84. The highest BCUT2D eigenvalue weighted by Crippen LogP contribution is 2.23. The molecule has 1 aromatic heterocycles. The van der Waals surface area contributed by atoms with Gasteiger partial charge in [-0.05, 0) is 18.2 Å². The van der Waals surface area contributed by atoms with Gasteiger partial charge in [-0.15, -0.1) is 0 Å². The van der Waals surface area contributed by atoms with Crippen LogP contribution < -0.4 is 10.9 Å². The topological polar surface area (TPSA) is 46.9 Å². The van der Waals surface area contributed by atoms with E-state index in [1.165, 1.54) is 10.7 Å². The van der Waals surface area contributed by atoms with Crippen LogP contribution in [0.1, 0.15) is 0 Å². The molecular formula is C11H9Cl2N3O. The van der Waals surface area contributed by atoms with Crippen molar-refractivity contribution in [1.82, 2.24) is 9.78 Å². The fraction of sp³-hybridized carbons (Fsp3) is 0.0909. The summed E-state index contributed by atoms with van der Waals surface area (Å²) in [5.74, 6) is 0. The van der Waals surface area contributed by atoms with E-state index in [0.717, 1.165) is 0 Å². The van der Waals surface area contributed by atoms with Crippen LogP contribution >= 0.6 is 23.2 Å². The van der Waals surface area contributed by atoms with Gasteiger partial charge in [-0.2, -0.15) is 9.78 Å². The second-order valence-corrected chi connectivity index (χ2v) is 4.16. The lowest BCUT2D eigenvalue weighted by Gasteiger charge is -2.06. The minimum absolute atomic E-state index is 0.241. The Kier molecular flexibility index (Phi) is 3.36. The molecule has 6 heteroatoms. The van der Waals surface area contributed by atoms with Gasteiger partial charge in [0.05, 0.1) is 27.6 Å². The van der Waals surface area contributed by atoms with Crippen molar-refractivity contribution >= 4 is 28.9 Å². The minimum Gasteiger partial charge on any atom is -0.387 e. The summed E-state index contributed by atoms with van der Waals surface area (Å²) in [6.07, 6.45) is 1.56. The summed E-state index contributed by atoms with van der Waals surface area (Å²) in [6.45, 7) is 0. The molecule has 1 aromatic carbocycles. The molecule has 17 heavy (non-hydrogen) atoms. The van der Waals surface area contributed by atoms with Gasteiger partial charge < -0.3 is 5.32 Å². The largest absolute Gasteiger partial charge is 0.387 e. The smallest absolute Gasteiger partial charge is 0.273 e. The van der Waals surface area contributed by atoms with Crippen LogP contribution in [0.3, 0.4) is 0 Å². The van der Waals surface area contributed by atoms with Crippen molar-refractivity contribution in [2.24, 2.45) is 0 Å². The summed E-state index contributed by atoms with van der Waals surface area (Å²) in [5, 5.41) is 7.70. The summed E-state index contributed by atoms with van der Waals surface area (Å²) in [6, 6.07) is 6.35. The Morgan fingerprint density at radius 3 is 2.59 bits per heavy atom. The van der Waals surface area contributed by atoms with Gasteiger partial charge in [0.2, 0.25) is 0 Å². The summed E-state index contributed by atoms with van der Waals surface area (Å²) < 4.78 is 1.25. The highest BCUT2D eigenvalue weighted by atomic mass is 35.5. The number of aromatic nitrogens is 2. The van der Waals surface area contributed by atoms with Gasteiger partial charge in [0, 0.05) is 13.1 Å². The normalized spacial score (nSPS) is 10.3. The maximum Gasteiger partial charge on any atom is 0.273 e. The maximum atomic E-state index is 11.8. The molecule has 2 aromatic rings. The molecule has 1 N–H and O–H groups in total. The number of nitrogens with zero attached hydrogens (tertiary/aromatic N) is 2. The molecule has 0 unspecified atom stereocenters. The van der Waals surface area contributed by atoms with E-state index in [2.05, 4.69) is 10.4 Å². The second kappa shape index (κ2) is 4.77. The Bertz CT molecular complexity index is 610. The van der Waals surface area contributed by atoms with E-state index >= 15 is 0 Å². The van der Waals surface area contributed by atoms with E-state index in [-0.39, 0.29) is 5.56 Å². The first-order chi connectivity index (χ1) is 8.11. The van der Waals surface area contributed by atoms with Crippen LogP contribution in [0.5, 0.6) is 0 Å². The first-order valence-corrected chi connectivity index (χ1v) is 5.60. The molecule has 1 heterocycles. The van der Waals surface area contributed by atoms with E-state index < -0.39 is 0 Å². The third kappa shape index (κ3) is 2.43. The Hall–Kier alpha value is -1.52. The lowest BCUT2D eigenvalue weighted by Crippen LogP contribution is -2.20. The fourth-order valence-corrected chi connectivity index (χ4v) is 1.65. The van der Waals surface area contributed by atoms with Crippen LogP contribution in [0.4, 0.5) is 5.69 Å². The Balaban J connectivity index is 2.53. The molecule has 0 aliphatic carbocycles. The Morgan fingerprint density at radius 2 is 2.00 bits per heavy atom. The van der Waals surface area contributed by atoms with Crippen LogP contribution in [-0.4, -0.2) is 16.8 Å². The number of nitrogens with one attached hydrogen (secondary N) is 1.